The summed E-state index contributed by atoms with van der Waals surface area (Å²) in [5, 5.41) is 0. The number of hydrogen-bond donors (Lipinski definition) is 0. The predicted molar refractivity (Wildman–Crippen MR) is 73.2 cm³/mol. The van der Waals surface area contributed by atoms with Crippen LogP contribution in [0.4, 0.5) is 0 Å². The van der Waals surface area contributed by atoms with Gasteiger partial charge in [0.05, 0.1) is 18.9 Å². The van der Waals surface area contributed by atoms with Gasteiger partial charge in [0.25, 0.3) is 5.91 Å². The van der Waals surface area contributed by atoms with Crippen molar-refractivity contribution in [1.29, 1.82) is 0 Å². The summed E-state index contributed by atoms with van der Waals surface area (Å²) in [6.45, 7) is 0.798. The minimum atomic E-state index is -0.00716. The van der Waals surface area contributed by atoms with Crippen LogP contribution in [0.3, 0.4) is 0 Å². The maximum Gasteiger partial charge on any atom is 0.257 e. The fourth-order valence-corrected chi connectivity index (χ4v) is 3.26. The number of methoxy groups -OCH3 is 1. The third-order valence-electron chi connectivity index (χ3n) is 3.29. The highest BCUT2D eigenvalue weighted by molar-refractivity contribution is 9.09. The Bertz CT molecular complexity index is 433. The van der Waals surface area contributed by atoms with E-state index < -0.39 is 0 Å². The number of halogens is 1. The maximum absolute atomic E-state index is 12.3. The molecule has 0 spiro atoms. The lowest BCUT2D eigenvalue weighted by molar-refractivity contribution is 0.0745. The first-order valence-corrected chi connectivity index (χ1v) is 6.91. The molecule has 1 heterocycles. The Kier molecular flexibility index (Phi) is 4.22. The highest BCUT2D eigenvalue weighted by Gasteiger charge is 2.29. The number of aromatic nitrogens is 1. The van der Waals surface area contributed by atoms with Gasteiger partial charge in [-0.05, 0) is 24.8 Å². The molecular formula is C13H17BrN2O2. The molecule has 2 rings (SSSR count). The minimum Gasteiger partial charge on any atom is -0.494 e. The van der Waals surface area contributed by atoms with Gasteiger partial charge < -0.3 is 9.64 Å². The normalized spacial score (nSPS) is 22.2. The first-order valence-electron chi connectivity index (χ1n) is 5.99. The lowest BCUT2D eigenvalue weighted by atomic mass is 9.85. The molecule has 4 nitrogen and oxygen atoms in total. The highest BCUT2D eigenvalue weighted by atomic mass is 79.9. The first-order chi connectivity index (χ1) is 8.61. The molecular weight excluding hydrogens is 296 g/mol. The second kappa shape index (κ2) is 5.69. The standard InChI is InChI=1S/C13H17BrN2O2/c1-16(8-9-5-10(14)6-9)13(17)11-3-4-15-7-12(11)18-2/h3-4,7,9-10H,5-6,8H2,1-2H3. The molecule has 18 heavy (non-hydrogen) atoms. The zero-order valence-corrected chi connectivity index (χ0v) is 12.2. The molecule has 1 aliphatic carbocycles. The molecule has 1 amide bonds. The number of nitrogens with zero attached hydrogens (tertiary/aromatic N) is 2. The second-order valence-corrected chi connectivity index (χ2v) is 5.99. The van der Waals surface area contributed by atoms with Crippen molar-refractivity contribution in [3.05, 3.63) is 24.0 Å². The number of alkyl halides is 1. The number of rotatable bonds is 4. The van der Waals surface area contributed by atoms with Crippen LogP contribution in [0.25, 0.3) is 0 Å². The van der Waals surface area contributed by atoms with Gasteiger partial charge in [0.15, 0.2) is 0 Å². The molecule has 0 aliphatic heterocycles. The monoisotopic (exact) mass is 312 g/mol. The fourth-order valence-electron chi connectivity index (χ4n) is 2.20. The summed E-state index contributed by atoms with van der Waals surface area (Å²) in [6, 6.07) is 1.70. The third-order valence-corrected chi connectivity index (χ3v) is 4.04. The van der Waals surface area contributed by atoms with Crippen molar-refractivity contribution in [1.82, 2.24) is 9.88 Å². The Hall–Kier alpha value is -1.10. The molecule has 1 fully saturated rings. The second-order valence-electron chi connectivity index (χ2n) is 4.70. The van der Waals surface area contributed by atoms with Gasteiger partial charge >= 0.3 is 0 Å². The summed E-state index contributed by atoms with van der Waals surface area (Å²) in [6.07, 6.45) is 5.47. The zero-order valence-electron chi connectivity index (χ0n) is 10.6. The summed E-state index contributed by atoms with van der Waals surface area (Å²) in [7, 11) is 3.39. The smallest absolute Gasteiger partial charge is 0.257 e. The van der Waals surface area contributed by atoms with Crippen molar-refractivity contribution in [2.45, 2.75) is 17.7 Å². The summed E-state index contributed by atoms with van der Waals surface area (Å²) in [5.41, 5.74) is 0.574. The average Bonchev–Trinajstić information content (AvgIpc) is 2.35. The van der Waals surface area contributed by atoms with Gasteiger partial charge in [-0.15, -0.1) is 0 Å². The molecule has 1 aromatic heterocycles. The lowest BCUT2D eigenvalue weighted by Gasteiger charge is -2.34. The number of ether oxygens (including phenoxy) is 1. The van der Waals surface area contributed by atoms with Gasteiger partial charge in [-0.25, -0.2) is 0 Å². The van der Waals surface area contributed by atoms with Crippen LogP contribution in [-0.4, -0.2) is 41.3 Å². The third kappa shape index (κ3) is 2.83. The zero-order chi connectivity index (χ0) is 13.1. The Balaban J connectivity index is 2.01. The van der Waals surface area contributed by atoms with Crippen LogP contribution in [-0.2, 0) is 0 Å². The van der Waals surface area contributed by atoms with E-state index in [9.17, 15) is 4.79 Å². The summed E-state index contributed by atoms with van der Waals surface area (Å²) < 4.78 is 5.16. The molecule has 0 radical (unpaired) electrons. The van der Waals surface area contributed by atoms with E-state index in [1.807, 2.05) is 7.05 Å². The van der Waals surface area contributed by atoms with E-state index in [1.165, 1.54) is 0 Å². The molecule has 0 saturated heterocycles. The van der Waals surface area contributed by atoms with Crippen LogP contribution < -0.4 is 4.74 Å². The molecule has 0 N–H and O–H groups in total. The Morgan fingerprint density at radius 1 is 1.61 bits per heavy atom. The number of amides is 1. The molecule has 0 aromatic carbocycles. The van der Waals surface area contributed by atoms with Crippen molar-refractivity contribution in [3.8, 4) is 5.75 Å². The molecule has 0 atom stereocenters. The first kappa shape index (κ1) is 13.3. The van der Waals surface area contributed by atoms with Crippen molar-refractivity contribution < 1.29 is 9.53 Å². The Morgan fingerprint density at radius 3 is 2.94 bits per heavy atom. The molecule has 0 bridgehead atoms. The number of carbonyl (C=O) groups is 1. The topological polar surface area (TPSA) is 42.4 Å². The largest absolute Gasteiger partial charge is 0.494 e. The number of hydrogen-bond acceptors (Lipinski definition) is 3. The quantitative estimate of drug-likeness (QED) is 0.801. The van der Waals surface area contributed by atoms with E-state index in [4.69, 9.17) is 4.74 Å². The highest BCUT2D eigenvalue weighted by Crippen LogP contribution is 2.33. The van der Waals surface area contributed by atoms with Gasteiger partial charge in [0, 0.05) is 24.6 Å². The van der Waals surface area contributed by atoms with Crippen molar-refractivity contribution >= 4 is 21.8 Å². The Morgan fingerprint density at radius 2 is 2.33 bits per heavy atom. The molecule has 1 saturated carbocycles. The molecule has 1 aromatic rings. The molecule has 1 aliphatic rings. The number of pyridine rings is 1. The van der Waals surface area contributed by atoms with Gasteiger partial charge in [-0.3, -0.25) is 9.78 Å². The van der Waals surface area contributed by atoms with E-state index in [-0.39, 0.29) is 5.91 Å². The predicted octanol–water partition coefficient (Wildman–Crippen LogP) is 2.34. The van der Waals surface area contributed by atoms with Crippen molar-refractivity contribution in [2.75, 3.05) is 20.7 Å². The van der Waals surface area contributed by atoms with E-state index in [0.29, 0.717) is 22.1 Å². The van der Waals surface area contributed by atoms with Gasteiger partial charge in [-0.1, -0.05) is 15.9 Å². The molecule has 5 heteroatoms. The van der Waals surface area contributed by atoms with E-state index in [2.05, 4.69) is 20.9 Å². The number of carbonyl (C=O) groups excluding carboxylic acids is 1. The summed E-state index contributed by atoms with van der Waals surface area (Å²) in [4.78, 5) is 18.6. The average molecular weight is 313 g/mol. The maximum atomic E-state index is 12.3. The fraction of sp³-hybridized carbons (Fsp3) is 0.538. The van der Waals surface area contributed by atoms with Crippen LogP contribution in [0.15, 0.2) is 18.5 Å². The van der Waals surface area contributed by atoms with Crippen LogP contribution in [0.1, 0.15) is 23.2 Å². The van der Waals surface area contributed by atoms with E-state index in [0.717, 1.165) is 19.4 Å². The van der Waals surface area contributed by atoms with Gasteiger partial charge in [-0.2, -0.15) is 0 Å². The van der Waals surface area contributed by atoms with Gasteiger partial charge in [0.2, 0.25) is 0 Å². The van der Waals surface area contributed by atoms with Gasteiger partial charge in [0.1, 0.15) is 5.75 Å². The minimum absolute atomic E-state index is 0.00716. The molecule has 0 unspecified atom stereocenters. The summed E-state index contributed by atoms with van der Waals surface area (Å²) >= 11 is 3.56. The van der Waals surface area contributed by atoms with E-state index >= 15 is 0 Å². The van der Waals surface area contributed by atoms with Crippen LogP contribution in [0.5, 0.6) is 5.75 Å². The SMILES string of the molecule is COc1cnccc1C(=O)N(C)CC1CC(Br)C1. The van der Waals surface area contributed by atoms with Crippen LogP contribution in [0, 0.1) is 5.92 Å². The van der Waals surface area contributed by atoms with E-state index in [1.54, 1.807) is 30.5 Å². The molecule has 98 valence electrons. The van der Waals surface area contributed by atoms with Crippen molar-refractivity contribution in [2.24, 2.45) is 5.92 Å². The van der Waals surface area contributed by atoms with Crippen LogP contribution in [0.2, 0.25) is 0 Å². The Labute approximate surface area is 115 Å². The van der Waals surface area contributed by atoms with Crippen LogP contribution >= 0.6 is 15.9 Å². The van der Waals surface area contributed by atoms with Crippen molar-refractivity contribution in [3.63, 3.8) is 0 Å². The summed E-state index contributed by atoms with van der Waals surface area (Å²) in [5.74, 6) is 1.13. The lowest BCUT2D eigenvalue weighted by Crippen LogP contribution is -2.37.